The van der Waals surface area contributed by atoms with Crippen LogP contribution in [-0.4, -0.2) is 30.6 Å². The Morgan fingerprint density at radius 2 is 1.74 bits per heavy atom. The lowest BCUT2D eigenvalue weighted by Crippen LogP contribution is -2.37. The molecule has 1 heterocycles. The lowest BCUT2D eigenvalue weighted by atomic mass is 10.2. The summed E-state index contributed by atoms with van der Waals surface area (Å²) in [4.78, 5) is 0. The molecular formula is C13H12F5N3OS. The fourth-order valence-electron chi connectivity index (χ4n) is 1.94. The highest BCUT2D eigenvalue weighted by Crippen LogP contribution is 2.21. The SMILES string of the molecule is Fc1c(F)c(F)c(C=NNC(=S)NCC2CCCO2)c(F)c1F. The minimum Gasteiger partial charge on any atom is -0.376 e. The summed E-state index contributed by atoms with van der Waals surface area (Å²) in [6.07, 6.45) is 2.30. The van der Waals surface area contributed by atoms with E-state index in [1.54, 1.807) is 0 Å². The van der Waals surface area contributed by atoms with Crippen LogP contribution in [0.15, 0.2) is 5.10 Å². The third kappa shape index (κ3) is 4.14. The first-order valence-electron chi connectivity index (χ1n) is 6.61. The summed E-state index contributed by atoms with van der Waals surface area (Å²) < 4.78 is 70.9. The molecule has 0 spiro atoms. The molecule has 1 aliphatic heterocycles. The molecule has 0 amide bonds. The van der Waals surface area contributed by atoms with E-state index in [1.165, 1.54) is 0 Å². The molecule has 0 saturated carbocycles. The van der Waals surface area contributed by atoms with Gasteiger partial charge in [-0.25, -0.2) is 22.0 Å². The van der Waals surface area contributed by atoms with Crippen molar-refractivity contribution in [3.63, 3.8) is 0 Å². The van der Waals surface area contributed by atoms with Gasteiger partial charge in [0.1, 0.15) is 0 Å². The lowest BCUT2D eigenvalue weighted by Gasteiger charge is -2.11. The van der Waals surface area contributed by atoms with Crippen LogP contribution in [0.4, 0.5) is 22.0 Å². The van der Waals surface area contributed by atoms with Crippen LogP contribution in [0.25, 0.3) is 0 Å². The van der Waals surface area contributed by atoms with Gasteiger partial charge in [0, 0.05) is 13.2 Å². The zero-order valence-corrected chi connectivity index (χ0v) is 12.5. The topological polar surface area (TPSA) is 45.7 Å². The second-order valence-corrected chi connectivity index (χ2v) is 5.11. The van der Waals surface area contributed by atoms with Crippen molar-refractivity contribution >= 4 is 23.5 Å². The van der Waals surface area contributed by atoms with Crippen LogP contribution in [0.1, 0.15) is 18.4 Å². The zero-order chi connectivity index (χ0) is 17.0. The maximum atomic E-state index is 13.4. The monoisotopic (exact) mass is 353 g/mol. The third-order valence-electron chi connectivity index (χ3n) is 3.12. The number of nitrogens with zero attached hydrogens (tertiary/aromatic N) is 1. The number of halogens is 5. The Kier molecular flexibility index (Phi) is 5.83. The van der Waals surface area contributed by atoms with Crippen LogP contribution in [0.2, 0.25) is 0 Å². The van der Waals surface area contributed by atoms with E-state index in [4.69, 9.17) is 17.0 Å². The van der Waals surface area contributed by atoms with Crippen molar-refractivity contribution < 1.29 is 26.7 Å². The van der Waals surface area contributed by atoms with Gasteiger partial charge in [-0.3, -0.25) is 5.43 Å². The van der Waals surface area contributed by atoms with E-state index in [9.17, 15) is 22.0 Å². The van der Waals surface area contributed by atoms with E-state index in [0.717, 1.165) is 12.8 Å². The summed E-state index contributed by atoms with van der Waals surface area (Å²) in [5.41, 5.74) is 1.07. The van der Waals surface area contributed by atoms with Crippen molar-refractivity contribution in [2.24, 2.45) is 5.10 Å². The second-order valence-electron chi connectivity index (χ2n) is 4.70. The van der Waals surface area contributed by atoms with Crippen LogP contribution < -0.4 is 10.7 Å². The molecule has 0 bridgehead atoms. The molecule has 1 aliphatic rings. The van der Waals surface area contributed by atoms with E-state index in [0.29, 0.717) is 19.4 Å². The third-order valence-corrected chi connectivity index (χ3v) is 3.35. The van der Waals surface area contributed by atoms with Crippen LogP contribution in [0.3, 0.4) is 0 Å². The Hall–Kier alpha value is -1.81. The van der Waals surface area contributed by atoms with Gasteiger partial charge in [-0.15, -0.1) is 0 Å². The number of rotatable bonds is 4. The van der Waals surface area contributed by atoms with Gasteiger partial charge in [-0.05, 0) is 25.1 Å². The predicted octanol–water partition coefficient (Wildman–Crippen LogP) is 2.36. The molecule has 0 aromatic heterocycles. The highest BCUT2D eigenvalue weighted by molar-refractivity contribution is 7.80. The van der Waals surface area contributed by atoms with Gasteiger partial charge in [-0.1, -0.05) is 0 Å². The smallest absolute Gasteiger partial charge is 0.200 e. The Labute approximate surface area is 133 Å². The number of ether oxygens (including phenoxy) is 1. The molecule has 10 heteroatoms. The molecule has 23 heavy (non-hydrogen) atoms. The summed E-state index contributed by atoms with van der Waals surface area (Å²) in [6.45, 7) is 1.09. The van der Waals surface area contributed by atoms with Crippen LogP contribution in [-0.2, 0) is 4.74 Å². The van der Waals surface area contributed by atoms with Crippen molar-refractivity contribution in [3.05, 3.63) is 34.6 Å². The minimum atomic E-state index is -2.22. The summed E-state index contributed by atoms with van der Waals surface area (Å²) in [5, 5.41) is 6.15. The fraction of sp³-hybridized carbons (Fsp3) is 0.385. The summed E-state index contributed by atoms with van der Waals surface area (Å²) in [7, 11) is 0. The number of benzene rings is 1. The molecule has 1 aromatic carbocycles. The van der Waals surface area contributed by atoms with Crippen LogP contribution in [0, 0.1) is 29.1 Å². The van der Waals surface area contributed by atoms with Crippen LogP contribution >= 0.6 is 12.2 Å². The molecule has 0 radical (unpaired) electrons. The molecule has 2 rings (SSSR count). The van der Waals surface area contributed by atoms with Gasteiger partial charge in [0.15, 0.2) is 28.4 Å². The van der Waals surface area contributed by atoms with Crippen molar-refractivity contribution in [2.45, 2.75) is 18.9 Å². The minimum absolute atomic E-state index is 0.00825. The largest absolute Gasteiger partial charge is 0.376 e. The van der Waals surface area contributed by atoms with E-state index in [2.05, 4.69) is 15.8 Å². The summed E-state index contributed by atoms with van der Waals surface area (Å²) >= 11 is 4.85. The molecule has 2 N–H and O–H groups in total. The quantitative estimate of drug-likeness (QED) is 0.218. The Morgan fingerprint density at radius 3 is 2.30 bits per heavy atom. The van der Waals surface area contributed by atoms with Gasteiger partial charge >= 0.3 is 0 Å². The molecule has 0 aliphatic carbocycles. The lowest BCUT2D eigenvalue weighted by molar-refractivity contribution is 0.114. The highest BCUT2D eigenvalue weighted by atomic mass is 32.1. The molecule has 1 saturated heterocycles. The van der Waals surface area contributed by atoms with Crippen molar-refractivity contribution in [1.82, 2.24) is 10.7 Å². The van der Waals surface area contributed by atoms with Gasteiger partial charge in [0.25, 0.3) is 0 Å². The Balaban J connectivity index is 1.96. The van der Waals surface area contributed by atoms with E-state index in [1.807, 2.05) is 0 Å². The average Bonchev–Trinajstić information content (AvgIpc) is 3.06. The predicted molar refractivity (Wildman–Crippen MR) is 76.5 cm³/mol. The Bertz CT molecular complexity index is 606. The first-order chi connectivity index (χ1) is 10.9. The maximum absolute atomic E-state index is 13.4. The molecule has 126 valence electrons. The zero-order valence-electron chi connectivity index (χ0n) is 11.6. The molecule has 4 nitrogen and oxygen atoms in total. The second kappa shape index (κ2) is 7.64. The van der Waals surface area contributed by atoms with Crippen molar-refractivity contribution in [1.29, 1.82) is 0 Å². The van der Waals surface area contributed by atoms with Gasteiger partial charge in [0.2, 0.25) is 5.82 Å². The number of hydrogen-bond acceptors (Lipinski definition) is 3. The van der Waals surface area contributed by atoms with E-state index >= 15 is 0 Å². The Morgan fingerprint density at radius 1 is 1.13 bits per heavy atom. The molecule has 1 fully saturated rings. The van der Waals surface area contributed by atoms with Crippen molar-refractivity contribution in [2.75, 3.05) is 13.2 Å². The van der Waals surface area contributed by atoms with E-state index in [-0.39, 0.29) is 11.2 Å². The molecule has 1 aromatic rings. The summed E-state index contributed by atoms with van der Waals surface area (Å²) in [6, 6.07) is 0. The van der Waals surface area contributed by atoms with Gasteiger partial charge < -0.3 is 10.1 Å². The normalized spacial score (nSPS) is 17.7. The summed E-state index contributed by atoms with van der Waals surface area (Å²) in [5.74, 6) is -10.2. The van der Waals surface area contributed by atoms with E-state index < -0.39 is 34.6 Å². The fourth-order valence-corrected chi connectivity index (χ4v) is 2.08. The standard InChI is InChI=1S/C13H12F5N3OS/c14-8-7(9(15)11(17)12(18)10(8)16)5-20-21-13(23)19-4-6-2-1-3-22-6/h5-6H,1-4H2,(H2,19,21,23). The van der Waals surface area contributed by atoms with Gasteiger partial charge in [0.05, 0.1) is 17.9 Å². The molecule has 1 unspecified atom stereocenters. The van der Waals surface area contributed by atoms with Crippen LogP contribution in [0.5, 0.6) is 0 Å². The molecular weight excluding hydrogens is 341 g/mol. The number of hydrogen-bond donors (Lipinski definition) is 2. The first kappa shape index (κ1) is 17.5. The van der Waals surface area contributed by atoms with Crippen molar-refractivity contribution in [3.8, 4) is 0 Å². The highest BCUT2D eigenvalue weighted by Gasteiger charge is 2.24. The number of nitrogens with one attached hydrogen (secondary N) is 2. The number of hydrazone groups is 1. The van der Waals surface area contributed by atoms with Gasteiger partial charge in [-0.2, -0.15) is 5.10 Å². The molecule has 1 atom stereocenters. The maximum Gasteiger partial charge on any atom is 0.200 e. The average molecular weight is 353 g/mol. The number of thiocarbonyl (C=S) groups is 1. The first-order valence-corrected chi connectivity index (χ1v) is 7.02.